The summed E-state index contributed by atoms with van der Waals surface area (Å²) < 4.78 is 26.8. The SMILES string of the molecule is O=C(c1ccc(F)c(F)c1)N1CCc2cc(C(=O)N3CCC[C@H]4CCCC[C@H]43)ccc21. The van der Waals surface area contributed by atoms with Crippen LogP contribution in [0.4, 0.5) is 14.5 Å². The van der Waals surface area contributed by atoms with E-state index in [1.165, 1.54) is 31.7 Å². The van der Waals surface area contributed by atoms with E-state index in [2.05, 4.69) is 4.90 Å². The number of carbonyl (C=O) groups is 2. The van der Waals surface area contributed by atoms with Crippen LogP contribution in [0.3, 0.4) is 0 Å². The Morgan fingerprint density at radius 1 is 0.806 bits per heavy atom. The number of nitrogens with zero attached hydrogens (tertiary/aromatic N) is 2. The highest BCUT2D eigenvalue weighted by Crippen LogP contribution is 2.37. The van der Waals surface area contributed by atoms with Gasteiger partial charge in [-0.05, 0) is 80.0 Å². The Bertz CT molecular complexity index is 1040. The quantitative estimate of drug-likeness (QED) is 0.684. The van der Waals surface area contributed by atoms with Crippen LogP contribution in [-0.2, 0) is 6.42 Å². The molecule has 2 amide bonds. The zero-order chi connectivity index (χ0) is 21.5. The van der Waals surface area contributed by atoms with Crippen molar-refractivity contribution in [2.24, 2.45) is 5.92 Å². The molecule has 2 aromatic carbocycles. The van der Waals surface area contributed by atoms with Crippen molar-refractivity contribution in [3.63, 3.8) is 0 Å². The Labute approximate surface area is 180 Å². The first-order valence-electron chi connectivity index (χ1n) is 11.2. The summed E-state index contributed by atoms with van der Waals surface area (Å²) in [5.41, 5.74) is 2.47. The van der Waals surface area contributed by atoms with Gasteiger partial charge in [0.2, 0.25) is 0 Å². The number of rotatable bonds is 2. The van der Waals surface area contributed by atoms with Crippen LogP contribution in [0.1, 0.15) is 64.8 Å². The van der Waals surface area contributed by atoms with Crippen LogP contribution in [0.2, 0.25) is 0 Å². The zero-order valence-electron chi connectivity index (χ0n) is 17.4. The first-order chi connectivity index (χ1) is 15.0. The molecule has 5 rings (SSSR count). The maximum atomic E-state index is 13.6. The van der Waals surface area contributed by atoms with Crippen molar-refractivity contribution >= 4 is 17.5 Å². The molecule has 31 heavy (non-hydrogen) atoms. The normalized spacial score (nSPS) is 22.8. The fourth-order valence-corrected chi connectivity index (χ4v) is 5.57. The minimum atomic E-state index is -1.03. The molecular formula is C25H26F2N2O2. The third kappa shape index (κ3) is 3.62. The predicted octanol–water partition coefficient (Wildman–Crippen LogP) is 4.96. The number of halogens is 2. The summed E-state index contributed by atoms with van der Waals surface area (Å²) in [6, 6.07) is 9.08. The molecule has 0 aromatic heterocycles. The van der Waals surface area contributed by atoms with Gasteiger partial charge in [-0.3, -0.25) is 9.59 Å². The van der Waals surface area contributed by atoms with Gasteiger partial charge < -0.3 is 9.80 Å². The number of likely N-dealkylation sites (tertiary alicyclic amines) is 1. The van der Waals surface area contributed by atoms with E-state index in [1.54, 1.807) is 11.0 Å². The molecule has 0 N–H and O–H groups in total. The summed E-state index contributed by atoms with van der Waals surface area (Å²) in [5.74, 6) is -1.65. The predicted molar refractivity (Wildman–Crippen MR) is 114 cm³/mol. The second-order valence-electron chi connectivity index (χ2n) is 8.93. The third-order valence-corrected chi connectivity index (χ3v) is 7.14. The van der Waals surface area contributed by atoms with Crippen molar-refractivity contribution < 1.29 is 18.4 Å². The number of carbonyl (C=O) groups excluding carboxylic acids is 2. The molecule has 1 saturated carbocycles. The van der Waals surface area contributed by atoms with Crippen LogP contribution in [0.25, 0.3) is 0 Å². The molecule has 162 valence electrons. The molecule has 0 spiro atoms. The lowest BCUT2D eigenvalue weighted by Crippen LogP contribution is -2.49. The maximum Gasteiger partial charge on any atom is 0.258 e. The molecule has 4 nitrogen and oxygen atoms in total. The van der Waals surface area contributed by atoms with E-state index >= 15 is 0 Å². The van der Waals surface area contributed by atoms with E-state index in [0.717, 1.165) is 42.8 Å². The van der Waals surface area contributed by atoms with E-state index in [-0.39, 0.29) is 17.4 Å². The Morgan fingerprint density at radius 3 is 2.39 bits per heavy atom. The lowest BCUT2D eigenvalue weighted by Gasteiger charge is -2.44. The largest absolute Gasteiger partial charge is 0.335 e. The molecule has 6 heteroatoms. The molecule has 0 bridgehead atoms. The molecule has 2 fully saturated rings. The standard InChI is InChI=1S/C25H26F2N2O2/c26-20-9-7-19(15-21(20)27)25(31)29-13-11-17-14-18(8-10-23(17)29)24(30)28-12-3-5-16-4-1-2-6-22(16)28/h7-10,14-16,22H,1-6,11-13H2/t16-,22-/m1/s1. The second-order valence-corrected chi connectivity index (χ2v) is 8.93. The van der Waals surface area contributed by atoms with Crippen molar-refractivity contribution in [2.45, 2.75) is 51.0 Å². The van der Waals surface area contributed by atoms with Gasteiger partial charge in [-0.1, -0.05) is 12.8 Å². The topological polar surface area (TPSA) is 40.6 Å². The lowest BCUT2D eigenvalue weighted by atomic mass is 9.78. The number of anilines is 1. The van der Waals surface area contributed by atoms with Gasteiger partial charge in [0.15, 0.2) is 11.6 Å². The summed E-state index contributed by atoms with van der Waals surface area (Å²) in [6.45, 7) is 1.27. The van der Waals surface area contributed by atoms with Crippen LogP contribution in [-0.4, -0.2) is 35.8 Å². The van der Waals surface area contributed by atoms with Gasteiger partial charge in [-0.25, -0.2) is 8.78 Å². The molecule has 2 heterocycles. The molecule has 0 radical (unpaired) electrons. The molecular weight excluding hydrogens is 398 g/mol. The number of fused-ring (bicyclic) bond motifs is 2. The van der Waals surface area contributed by atoms with Gasteiger partial charge in [0.05, 0.1) is 0 Å². The van der Waals surface area contributed by atoms with Gasteiger partial charge in [-0.15, -0.1) is 0 Å². The molecule has 2 atom stereocenters. The number of amides is 2. The van der Waals surface area contributed by atoms with Crippen LogP contribution in [0.5, 0.6) is 0 Å². The van der Waals surface area contributed by atoms with Crippen molar-refractivity contribution in [1.82, 2.24) is 4.90 Å². The second kappa shape index (κ2) is 8.06. The number of hydrogen-bond donors (Lipinski definition) is 0. The summed E-state index contributed by atoms with van der Waals surface area (Å²) in [7, 11) is 0. The highest BCUT2D eigenvalue weighted by atomic mass is 19.2. The van der Waals surface area contributed by atoms with Crippen molar-refractivity contribution in [3.05, 3.63) is 64.7 Å². The van der Waals surface area contributed by atoms with Crippen LogP contribution in [0, 0.1) is 17.6 Å². The Balaban J connectivity index is 1.37. The van der Waals surface area contributed by atoms with Gasteiger partial charge in [0, 0.05) is 35.9 Å². The Morgan fingerprint density at radius 2 is 1.55 bits per heavy atom. The van der Waals surface area contributed by atoms with Gasteiger partial charge in [0.25, 0.3) is 11.8 Å². The van der Waals surface area contributed by atoms with Crippen LogP contribution in [0.15, 0.2) is 36.4 Å². The first-order valence-corrected chi connectivity index (χ1v) is 11.2. The van der Waals surface area contributed by atoms with Gasteiger partial charge in [-0.2, -0.15) is 0 Å². The van der Waals surface area contributed by atoms with E-state index < -0.39 is 11.6 Å². The average Bonchev–Trinajstić information content (AvgIpc) is 3.23. The fourth-order valence-electron chi connectivity index (χ4n) is 5.57. The fraction of sp³-hybridized carbons (Fsp3) is 0.440. The monoisotopic (exact) mass is 424 g/mol. The van der Waals surface area contributed by atoms with E-state index in [9.17, 15) is 18.4 Å². The number of benzene rings is 2. The van der Waals surface area contributed by atoms with Crippen molar-refractivity contribution in [3.8, 4) is 0 Å². The van der Waals surface area contributed by atoms with E-state index in [4.69, 9.17) is 0 Å². The minimum Gasteiger partial charge on any atom is -0.335 e. The number of hydrogen-bond acceptors (Lipinski definition) is 2. The summed E-state index contributed by atoms with van der Waals surface area (Å²) in [6.07, 6.45) is 7.70. The molecule has 2 aromatic rings. The van der Waals surface area contributed by atoms with Crippen LogP contribution < -0.4 is 4.90 Å². The van der Waals surface area contributed by atoms with Gasteiger partial charge in [0.1, 0.15) is 0 Å². The average molecular weight is 424 g/mol. The molecule has 2 aliphatic heterocycles. The summed E-state index contributed by atoms with van der Waals surface area (Å²) in [5, 5.41) is 0. The Kier molecular flexibility index (Phi) is 5.24. The zero-order valence-corrected chi connectivity index (χ0v) is 17.4. The molecule has 1 aliphatic carbocycles. The third-order valence-electron chi connectivity index (χ3n) is 7.14. The Hall–Kier alpha value is -2.76. The molecule has 3 aliphatic rings. The molecule has 0 unspecified atom stereocenters. The molecule has 1 saturated heterocycles. The first kappa shape index (κ1) is 20.2. The minimum absolute atomic E-state index is 0.0878. The van der Waals surface area contributed by atoms with Crippen molar-refractivity contribution in [1.29, 1.82) is 0 Å². The van der Waals surface area contributed by atoms with E-state index in [1.807, 2.05) is 12.1 Å². The van der Waals surface area contributed by atoms with Crippen molar-refractivity contribution in [2.75, 3.05) is 18.0 Å². The van der Waals surface area contributed by atoms with Crippen LogP contribution >= 0.6 is 0 Å². The van der Waals surface area contributed by atoms with E-state index in [0.29, 0.717) is 30.5 Å². The lowest BCUT2D eigenvalue weighted by molar-refractivity contribution is 0.0390. The highest BCUT2D eigenvalue weighted by Gasteiger charge is 2.36. The highest BCUT2D eigenvalue weighted by molar-refractivity contribution is 6.07. The number of piperidine rings is 1. The smallest absolute Gasteiger partial charge is 0.258 e. The maximum absolute atomic E-state index is 13.6. The van der Waals surface area contributed by atoms with Gasteiger partial charge >= 0.3 is 0 Å². The summed E-state index contributed by atoms with van der Waals surface area (Å²) in [4.78, 5) is 29.8. The summed E-state index contributed by atoms with van der Waals surface area (Å²) >= 11 is 0.